The Bertz CT molecular complexity index is 711. The Hall–Kier alpha value is -0.890. The minimum absolute atomic E-state index is 0.321. The summed E-state index contributed by atoms with van der Waals surface area (Å²) in [4.78, 5) is 0. The van der Waals surface area contributed by atoms with Crippen LogP contribution in [0.5, 0.6) is 0 Å². The summed E-state index contributed by atoms with van der Waals surface area (Å²) in [5, 5.41) is 4.85. The summed E-state index contributed by atoms with van der Waals surface area (Å²) in [6.45, 7) is 2.52. The molecule has 1 heterocycles. The van der Waals surface area contributed by atoms with Crippen LogP contribution in [0.3, 0.4) is 0 Å². The molecule has 0 saturated carbocycles. The van der Waals surface area contributed by atoms with Crippen molar-refractivity contribution in [1.82, 2.24) is 5.32 Å². The lowest BCUT2D eigenvalue weighted by Crippen LogP contribution is -2.12. The number of benzene rings is 1. The fraction of sp³-hybridized carbons (Fsp3) is 0.231. The number of thiophene rings is 1. The van der Waals surface area contributed by atoms with Gasteiger partial charge in [0.2, 0.25) is 0 Å². The average molecular weight is 375 g/mol. The van der Waals surface area contributed by atoms with Gasteiger partial charge in [-0.15, -0.1) is 11.3 Å². The zero-order chi connectivity index (χ0) is 14.8. The second-order valence-corrected chi connectivity index (χ2v) is 8.11. The Morgan fingerprint density at radius 3 is 2.75 bits per heavy atom. The van der Waals surface area contributed by atoms with Crippen molar-refractivity contribution in [3.05, 3.63) is 45.2 Å². The van der Waals surface area contributed by atoms with Crippen LogP contribution in [0, 0.1) is 6.92 Å². The lowest BCUT2D eigenvalue weighted by Gasteiger charge is -2.09. The van der Waals surface area contributed by atoms with Crippen LogP contribution in [-0.4, -0.2) is 15.5 Å². The van der Waals surface area contributed by atoms with E-state index in [0.29, 0.717) is 16.4 Å². The number of anilines is 1. The second kappa shape index (κ2) is 6.26. The Balaban J connectivity index is 2.28. The van der Waals surface area contributed by atoms with Gasteiger partial charge in [0, 0.05) is 11.0 Å². The van der Waals surface area contributed by atoms with Crippen molar-refractivity contribution in [2.75, 3.05) is 11.8 Å². The van der Waals surface area contributed by atoms with E-state index in [-0.39, 0.29) is 0 Å². The number of hydrogen-bond acceptors (Lipinski definition) is 4. The molecule has 4 nitrogen and oxygen atoms in total. The molecule has 0 spiro atoms. The van der Waals surface area contributed by atoms with E-state index in [1.807, 2.05) is 31.5 Å². The van der Waals surface area contributed by atoms with Crippen LogP contribution in [0.2, 0.25) is 0 Å². The highest BCUT2D eigenvalue weighted by Crippen LogP contribution is 2.26. The van der Waals surface area contributed by atoms with E-state index < -0.39 is 10.0 Å². The Morgan fingerprint density at radius 2 is 2.05 bits per heavy atom. The van der Waals surface area contributed by atoms with Crippen molar-refractivity contribution in [1.29, 1.82) is 0 Å². The third-order valence-corrected chi connectivity index (χ3v) is 6.07. The van der Waals surface area contributed by atoms with E-state index in [1.165, 1.54) is 11.3 Å². The van der Waals surface area contributed by atoms with E-state index >= 15 is 0 Å². The van der Waals surface area contributed by atoms with Crippen LogP contribution in [0.25, 0.3) is 0 Å². The van der Waals surface area contributed by atoms with E-state index in [0.717, 1.165) is 15.6 Å². The minimum atomic E-state index is -3.53. The highest BCUT2D eigenvalue weighted by Gasteiger charge is 2.17. The quantitative estimate of drug-likeness (QED) is 0.843. The zero-order valence-electron chi connectivity index (χ0n) is 11.1. The Morgan fingerprint density at radius 1 is 1.30 bits per heavy atom. The summed E-state index contributed by atoms with van der Waals surface area (Å²) in [6.07, 6.45) is 0. The maximum absolute atomic E-state index is 12.3. The molecule has 0 saturated heterocycles. The van der Waals surface area contributed by atoms with Crippen molar-refractivity contribution in [3.63, 3.8) is 0 Å². The van der Waals surface area contributed by atoms with Crippen LogP contribution >= 0.6 is 27.3 Å². The molecule has 20 heavy (non-hydrogen) atoms. The van der Waals surface area contributed by atoms with E-state index in [9.17, 15) is 8.42 Å². The molecular weight excluding hydrogens is 360 g/mol. The van der Waals surface area contributed by atoms with Crippen LogP contribution in [0.1, 0.15) is 11.1 Å². The van der Waals surface area contributed by atoms with Crippen LogP contribution in [0.15, 0.2) is 38.3 Å². The molecule has 0 aliphatic heterocycles. The summed E-state index contributed by atoms with van der Waals surface area (Å²) < 4.78 is 28.5. The molecule has 2 rings (SSSR count). The van der Waals surface area contributed by atoms with Gasteiger partial charge in [-0.3, -0.25) is 4.72 Å². The summed E-state index contributed by atoms with van der Waals surface area (Å²) in [6, 6.07) is 7.19. The molecule has 2 aromatic rings. The van der Waals surface area contributed by atoms with Crippen molar-refractivity contribution in [2.24, 2.45) is 0 Å². The summed E-state index contributed by atoms with van der Waals surface area (Å²) in [5.41, 5.74) is 2.43. The molecule has 0 bridgehead atoms. The van der Waals surface area contributed by atoms with Crippen LogP contribution in [0.4, 0.5) is 5.69 Å². The monoisotopic (exact) mass is 374 g/mol. The third-order valence-electron chi connectivity index (χ3n) is 2.72. The molecule has 2 N–H and O–H groups in total. The van der Waals surface area contributed by atoms with E-state index in [4.69, 9.17) is 0 Å². The van der Waals surface area contributed by atoms with E-state index in [2.05, 4.69) is 26.0 Å². The summed E-state index contributed by atoms with van der Waals surface area (Å²) >= 11 is 4.57. The molecule has 0 aliphatic carbocycles. The smallest absolute Gasteiger partial charge is 0.271 e. The number of nitrogens with one attached hydrogen (secondary N) is 2. The topological polar surface area (TPSA) is 58.2 Å². The van der Waals surface area contributed by atoms with Gasteiger partial charge in [0.05, 0.1) is 5.69 Å². The molecule has 0 fully saturated rings. The number of rotatable bonds is 5. The van der Waals surface area contributed by atoms with Gasteiger partial charge in [-0.2, -0.15) is 0 Å². The first-order valence-corrected chi connectivity index (χ1v) is 9.09. The normalized spacial score (nSPS) is 11.6. The first-order chi connectivity index (χ1) is 9.42. The highest BCUT2D eigenvalue weighted by molar-refractivity contribution is 9.10. The lowest BCUT2D eigenvalue weighted by molar-refractivity contribution is 0.603. The number of aryl methyl sites for hydroxylation is 1. The van der Waals surface area contributed by atoms with Crippen molar-refractivity contribution >= 4 is 43.0 Å². The third kappa shape index (κ3) is 3.60. The maximum atomic E-state index is 12.3. The number of hydrogen-bond donors (Lipinski definition) is 2. The number of sulfonamides is 1. The summed E-state index contributed by atoms with van der Waals surface area (Å²) in [5.74, 6) is 0. The molecule has 0 unspecified atom stereocenters. The lowest BCUT2D eigenvalue weighted by atomic mass is 10.2. The molecule has 0 aliphatic rings. The van der Waals surface area contributed by atoms with Gasteiger partial charge in [0.25, 0.3) is 10.0 Å². The first-order valence-electron chi connectivity index (χ1n) is 5.93. The Kier molecular flexibility index (Phi) is 4.85. The fourth-order valence-corrected chi connectivity index (χ4v) is 4.38. The molecule has 1 aromatic carbocycles. The predicted octanol–water partition coefficient (Wildman–Crippen LogP) is 3.34. The predicted molar refractivity (Wildman–Crippen MR) is 86.8 cm³/mol. The zero-order valence-corrected chi connectivity index (χ0v) is 14.3. The van der Waals surface area contributed by atoms with Gasteiger partial charge in [-0.25, -0.2) is 8.42 Å². The van der Waals surface area contributed by atoms with Crippen molar-refractivity contribution in [3.8, 4) is 0 Å². The van der Waals surface area contributed by atoms with Gasteiger partial charge in [-0.05, 0) is 48.7 Å². The average Bonchev–Trinajstić information content (AvgIpc) is 2.83. The van der Waals surface area contributed by atoms with Crippen LogP contribution in [-0.2, 0) is 16.6 Å². The van der Waals surface area contributed by atoms with Gasteiger partial charge in [-0.1, -0.05) is 22.0 Å². The molecule has 108 valence electrons. The standard InChI is InChI=1S/C13H15BrN2O2S2/c1-9-3-4-11(14)6-12(9)16-20(17,18)13-5-10(7-15-2)8-19-13/h3-6,8,15-16H,7H2,1-2H3. The molecule has 1 aromatic heterocycles. The van der Waals surface area contributed by atoms with Gasteiger partial charge in [0.1, 0.15) is 4.21 Å². The van der Waals surface area contributed by atoms with Crippen LogP contribution < -0.4 is 10.0 Å². The number of halogens is 1. The highest BCUT2D eigenvalue weighted by atomic mass is 79.9. The molecular formula is C13H15BrN2O2S2. The molecule has 0 radical (unpaired) electrons. The molecule has 7 heteroatoms. The fourth-order valence-electron chi connectivity index (χ4n) is 1.69. The summed E-state index contributed by atoms with van der Waals surface area (Å²) in [7, 11) is -1.70. The first kappa shape index (κ1) is 15.5. The minimum Gasteiger partial charge on any atom is -0.316 e. The van der Waals surface area contributed by atoms with Crippen molar-refractivity contribution < 1.29 is 8.42 Å². The largest absolute Gasteiger partial charge is 0.316 e. The van der Waals surface area contributed by atoms with Gasteiger partial charge >= 0.3 is 0 Å². The molecule has 0 amide bonds. The van der Waals surface area contributed by atoms with Crippen molar-refractivity contribution in [2.45, 2.75) is 17.7 Å². The van der Waals surface area contributed by atoms with Gasteiger partial charge in [0.15, 0.2) is 0 Å². The maximum Gasteiger partial charge on any atom is 0.271 e. The van der Waals surface area contributed by atoms with Gasteiger partial charge < -0.3 is 5.32 Å². The second-order valence-electron chi connectivity index (χ2n) is 4.37. The molecule has 0 atom stereocenters. The Labute approximate surface area is 131 Å². The van der Waals surface area contributed by atoms with E-state index in [1.54, 1.807) is 12.1 Å². The SMILES string of the molecule is CNCc1csc(S(=O)(=O)Nc2cc(Br)ccc2C)c1.